The first-order chi connectivity index (χ1) is 14.1. The van der Waals surface area contributed by atoms with Crippen LogP contribution in [0.25, 0.3) is 0 Å². The lowest BCUT2D eigenvalue weighted by Gasteiger charge is -2.25. The highest BCUT2D eigenvalue weighted by Crippen LogP contribution is 2.28. The number of anilines is 1. The van der Waals surface area contributed by atoms with Crippen LogP contribution in [0, 0.1) is 0 Å². The Hall–Kier alpha value is -3.04. The Labute approximate surface area is 175 Å². The van der Waals surface area contributed by atoms with E-state index in [1.807, 2.05) is 36.6 Å². The summed E-state index contributed by atoms with van der Waals surface area (Å²) in [6.07, 6.45) is 2.06. The minimum absolute atomic E-state index is 0.201. The molecule has 1 aromatic heterocycles. The van der Waals surface area contributed by atoms with Crippen LogP contribution in [0.5, 0.6) is 0 Å². The van der Waals surface area contributed by atoms with Gasteiger partial charge in [-0.25, -0.2) is 0 Å². The summed E-state index contributed by atoms with van der Waals surface area (Å²) in [5.41, 5.74) is 1.46. The van der Waals surface area contributed by atoms with E-state index in [1.165, 1.54) is 23.1 Å². The highest BCUT2D eigenvalue weighted by molar-refractivity contribution is 8.00. The number of imide groups is 1. The van der Waals surface area contributed by atoms with Crippen LogP contribution >= 0.6 is 23.1 Å². The average Bonchev–Trinajstić information content (AvgIpc) is 3.30. The molecule has 1 atom stereocenters. The van der Waals surface area contributed by atoms with Gasteiger partial charge < -0.3 is 0 Å². The third-order valence-electron chi connectivity index (χ3n) is 4.52. The van der Waals surface area contributed by atoms with Gasteiger partial charge in [0, 0.05) is 6.42 Å². The van der Waals surface area contributed by atoms with Crippen LogP contribution in [-0.4, -0.2) is 45.1 Å². The molecule has 4 rings (SSSR count). The summed E-state index contributed by atoms with van der Waals surface area (Å²) in [4.78, 5) is 40.0. The first kappa shape index (κ1) is 19.3. The Bertz CT molecular complexity index is 1050. The number of nitrogens with one attached hydrogen (secondary N) is 1. The molecule has 1 aliphatic heterocycles. The van der Waals surface area contributed by atoms with Crippen molar-refractivity contribution >= 4 is 46.0 Å². The summed E-state index contributed by atoms with van der Waals surface area (Å²) >= 11 is 2.66. The summed E-state index contributed by atoms with van der Waals surface area (Å²) < 4.78 is 0.709. The van der Waals surface area contributed by atoms with Gasteiger partial charge in [0.1, 0.15) is 6.04 Å². The molecule has 1 unspecified atom stereocenters. The summed E-state index contributed by atoms with van der Waals surface area (Å²) in [6.45, 7) is 0. The standard InChI is InChI=1S/C20H16N4O3S2/c1-28-20-23-22-19(29-20)21-16(25)15(11-12-7-3-2-4-8-12)24-17(26)13-9-5-6-10-14(13)18(24)27/h2-10,15H,11H2,1H3,(H,21,22,25). The van der Waals surface area contributed by atoms with Gasteiger partial charge in [0.05, 0.1) is 11.1 Å². The molecule has 2 heterocycles. The molecular formula is C20H16N4O3S2. The molecule has 0 saturated carbocycles. The average molecular weight is 425 g/mol. The molecule has 0 spiro atoms. The topological polar surface area (TPSA) is 92.3 Å². The van der Waals surface area contributed by atoms with E-state index in [-0.39, 0.29) is 6.42 Å². The first-order valence-corrected chi connectivity index (χ1v) is 10.8. The van der Waals surface area contributed by atoms with Crippen LogP contribution in [0.2, 0.25) is 0 Å². The highest BCUT2D eigenvalue weighted by Gasteiger charge is 2.42. The summed E-state index contributed by atoms with van der Waals surface area (Å²) in [7, 11) is 0. The minimum atomic E-state index is -1.01. The van der Waals surface area contributed by atoms with E-state index < -0.39 is 23.8 Å². The fraction of sp³-hybridized carbons (Fsp3) is 0.150. The summed E-state index contributed by atoms with van der Waals surface area (Å²) in [5.74, 6) is -1.42. The van der Waals surface area contributed by atoms with Crippen molar-refractivity contribution in [3.8, 4) is 0 Å². The lowest BCUT2D eigenvalue weighted by molar-refractivity contribution is -0.119. The lowest BCUT2D eigenvalue weighted by Crippen LogP contribution is -2.48. The molecule has 7 nitrogen and oxygen atoms in total. The summed E-state index contributed by atoms with van der Waals surface area (Å²) in [6, 6.07) is 14.9. The van der Waals surface area contributed by atoms with E-state index in [0.29, 0.717) is 20.6 Å². The number of amides is 3. The predicted octanol–water partition coefficient (Wildman–Crippen LogP) is 3.11. The third kappa shape index (κ3) is 3.79. The predicted molar refractivity (Wildman–Crippen MR) is 111 cm³/mol. The number of rotatable bonds is 6. The molecule has 2 aromatic carbocycles. The maximum atomic E-state index is 13.1. The second kappa shape index (κ2) is 8.14. The van der Waals surface area contributed by atoms with E-state index in [9.17, 15) is 14.4 Å². The third-order valence-corrected chi connectivity index (χ3v) is 6.34. The Kier molecular flexibility index (Phi) is 5.41. The van der Waals surface area contributed by atoms with Crippen molar-refractivity contribution in [1.29, 1.82) is 0 Å². The zero-order chi connectivity index (χ0) is 20.4. The van der Waals surface area contributed by atoms with Gasteiger partial charge in [0.2, 0.25) is 11.0 Å². The summed E-state index contributed by atoms with van der Waals surface area (Å²) in [5, 5.41) is 10.9. The molecule has 0 saturated heterocycles. The van der Waals surface area contributed by atoms with Crippen LogP contribution in [0.4, 0.5) is 5.13 Å². The molecule has 0 aliphatic carbocycles. The zero-order valence-corrected chi connectivity index (χ0v) is 17.0. The van der Waals surface area contributed by atoms with Crippen molar-refractivity contribution in [2.75, 3.05) is 11.6 Å². The number of thioether (sulfide) groups is 1. The van der Waals surface area contributed by atoms with Crippen LogP contribution in [0.15, 0.2) is 58.9 Å². The number of carbonyl (C=O) groups is 3. The van der Waals surface area contributed by atoms with Gasteiger partial charge in [0.25, 0.3) is 11.8 Å². The molecule has 1 N–H and O–H groups in total. The van der Waals surface area contributed by atoms with Crippen molar-refractivity contribution in [2.24, 2.45) is 0 Å². The molecule has 9 heteroatoms. The van der Waals surface area contributed by atoms with E-state index in [2.05, 4.69) is 15.5 Å². The zero-order valence-electron chi connectivity index (χ0n) is 15.4. The van der Waals surface area contributed by atoms with E-state index in [4.69, 9.17) is 0 Å². The van der Waals surface area contributed by atoms with Crippen LogP contribution in [0.3, 0.4) is 0 Å². The minimum Gasteiger partial charge on any atom is -0.299 e. The Morgan fingerprint density at radius 1 is 1.03 bits per heavy atom. The number of aromatic nitrogens is 2. The van der Waals surface area contributed by atoms with Gasteiger partial charge in [-0.05, 0) is 24.0 Å². The normalized spacial score (nSPS) is 14.0. The fourth-order valence-corrected chi connectivity index (χ4v) is 4.33. The second-order valence-corrected chi connectivity index (χ2v) is 8.33. The number of fused-ring (bicyclic) bond motifs is 1. The molecular weight excluding hydrogens is 408 g/mol. The number of carbonyl (C=O) groups excluding carboxylic acids is 3. The van der Waals surface area contributed by atoms with Crippen molar-refractivity contribution in [1.82, 2.24) is 15.1 Å². The van der Waals surface area contributed by atoms with Gasteiger partial charge >= 0.3 is 0 Å². The van der Waals surface area contributed by atoms with Crippen molar-refractivity contribution in [3.05, 3.63) is 71.3 Å². The van der Waals surface area contributed by atoms with E-state index in [1.54, 1.807) is 24.3 Å². The van der Waals surface area contributed by atoms with Gasteiger partial charge in [-0.3, -0.25) is 24.6 Å². The van der Waals surface area contributed by atoms with Crippen LogP contribution in [-0.2, 0) is 11.2 Å². The van der Waals surface area contributed by atoms with E-state index in [0.717, 1.165) is 10.5 Å². The van der Waals surface area contributed by atoms with Gasteiger partial charge in [-0.2, -0.15) is 0 Å². The Morgan fingerprint density at radius 2 is 1.66 bits per heavy atom. The number of nitrogens with zero attached hydrogens (tertiary/aromatic N) is 3. The van der Waals surface area contributed by atoms with Gasteiger partial charge in [-0.1, -0.05) is 65.6 Å². The second-order valence-electron chi connectivity index (χ2n) is 6.30. The number of benzene rings is 2. The smallest absolute Gasteiger partial charge is 0.262 e. The molecule has 3 aromatic rings. The number of hydrogen-bond acceptors (Lipinski definition) is 7. The highest BCUT2D eigenvalue weighted by atomic mass is 32.2. The van der Waals surface area contributed by atoms with Crippen molar-refractivity contribution in [2.45, 2.75) is 16.8 Å². The number of hydrogen-bond donors (Lipinski definition) is 1. The maximum Gasteiger partial charge on any atom is 0.262 e. The molecule has 1 aliphatic rings. The van der Waals surface area contributed by atoms with Gasteiger partial charge in [0.15, 0.2) is 4.34 Å². The quantitative estimate of drug-likeness (QED) is 0.371. The van der Waals surface area contributed by atoms with E-state index >= 15 is 0 Å². The monoisotopic (exact) mass is 424 g/mol. The van der Waals surface area contributed by atoms with Crippen LogP contribution < -0.4 is 5.32 Å². The molecule has 3 amide bonds. The Balaban J connectivity index is 1.66. The Morgan fingerprint density at radius 3 is 2.24 bits per heavy atom. The molecule has 146 valence electrons. The van der Waals surface area contributed by atoms with Gasteiger partial charge in [-0.15, -0.1) is 10.2 Å². The SMILES string of the molecule is CSc1nnc(NC(=O)C(Cc2ccccc2)N2C(=O)c3ccccc3C2=O)s1. The molecule has 0 radical (unpaired) electrons. The maximum absolute atomic E-state index is 13.1. The van der Waals surface area contributed by atoms with Crippen LogP contribution in [0.1, 0.15) is 26.3 Å². The molecule has 0 fully saturated rings. The first-order valence-electron chi connectivity index (χ1n) is 8.77. The fourth-order valence-electron chi connectivity index (χ4n) is 3.16. The van der Waals surface area contributed by atoms with Crippen molar-refractivity contribution in [3.63, 3.8) is 0 Å². The molecule has 29 heavy (non-hydrogen) atoms. The largest absolute Gasteiger partial charge is 0.299 e. The lowest BCUT2D eigenvalue weighted by atomic mass is 10.0. The molecule has 0 bridgehead atoms. The van der Waals surface area contributed by atoms with Crippen molar-refractivity contribution < 1.29 is 14.4 Å².